The third-order valence-electron chi connectivity index (χ3n) is 2.03. The first-order valence-electron chi connectivity index (χ1n) is 4.78. The molecule has 0 bridgehead atoms. The second-order valence-corrected chi connectivity index (χ2v) is 4.65. The summed E-state index contributed by atoms with van der Waals surface area (Å²) in [6.07, 6.45) is 1.07. The second-order valence-electron chi connectivity index (χ2n) is 3.27. The van der Waals surface area contributed by atoms with E-state index in [1.54, 1.807) is 0 Å². The van der Waals surface area contributed by atoms with E-state index in [9.17, 15) is 14.9 Å². The summed E-state index contributed by atoms with van der Waals surface area (Å²) < 4.78 is 5.25. The van der Waals surface area contributed by atoms with Gasteiger partial charge in [-0.15, -0.1) is 0 Å². The first-order chi connectivity index (χ1) is 8.97. The molecule has 19 heavy (non-hydrogen) atoms. The molecule has 1 N–H and O–H groups in total. The SMILES string of the molecule is O=C(O)c1ccc(Oc2ncc([N+](=O)[O-])s2)c(Cl)c1. The number of hydrogen-bond acceptors (Lipinski definition) is 6. The summed E-state index contributed by atoms with van der Waals surface area (Å²) >= 11 is 6.60. The average Bonchev–Trinajstić information content (AvgIpc) is 2.80. The molecular formula is C10H5ClN2O5S. The molecule has 0 aliphatic rings. The fourth-order valence-corrected chi connectivity index (χ4v) is 2.01. The number of nitrogens with zero attached hydrogens (tertiary/aromatic N) is 2. The maximum Gasteiger partial charge on any atom is 0.347 e. The quantitative estimate of drug-likeness (QED) is 0.687. The van der Waals surface area contributed by atoms with Crippen LogP contribution in [-0.4, -0.2) is 21.0 Å². The standard InChI is InChI=1S/C10H5ClN2O5S/c11-6-3-5(9(14)15)1-2-7(6)18-10-12-4-8(19-10)13(16)17/h1-4H,(H,14,15). The topological polar surface area (TPSA) is 103 Å². The van der Waals surface area contributed by atoms with E-state index >= 15 is 0 Å². The van der Waals surface area contributed by atoms with Crippen molar-refractivity contribution >= 4 is 33.9 Å². The van der Waals surface area contributed by atoms with Gasteiger partial charge in [0.1, 0.15) is 11.9 Å². The van der Waals surface area contributed by atoms with Crippen LogP contribution in [-0.2, 0) is 0 Å². The fraction of sp³-hybridized carbons (Fsp3) is 0. The lowest BCUT2D eigenvalue weighted by Crippen LogP contribution is -1.96. The van der Waals surface area contributed by atoms with Gasteiger partial charge in [-0.1, -0.05) is 11.6 Å². The van der Waals surface area contributed by atoms with Gasteiger partial charge >= 0.3 is 11.0 Å². The average molecular weight is 301 g/mol. The van der Waals surface area contributed by atoms with Gasteiger partial charge in [-0.25, -0.2) is 9.78 Å². The first-order valence-corrected chi connectivity index (χ1v) is 5.97. The highest BCUT2D eigenvalue weighted by Gasteiger charge is 2.15. The van der Waals surface area contributed by atoms with Gasteiger partial charge in [0.2, 0.25) is 0 Å². The highest BCUT2D eigenvalue weighted by molar-refractivity contribution is 7.16. The van der Waals surface area contributed by atoms with Crippen LogP contribution in [0.1, 0.15) is 10.4 Å². The molecule has 0 radical (unpaired) electrons. The van der Waals surface area contributed by atoms with Crippen LogP contribution in [0.5, 0.6) is 10.9 Å². The summed E-state index contributed by atoms with van der Waals surface area (Å²) in [4.78, 5) is 24.3. The van der Waals surface area contributed by atoms with Crippen LogP contribution < -0.4 is 4.74 Å². The van der Waals surface area contributed by atoms with Gasteiger partial charge < -0.3 is 9.84 Å². The number of carboxylic acids is 1. The number of hydrogen-bond donors (Lipinski definition) is 1. The van der Waals surface area contributed by atoms with Gasteiger partial charge in [0.25, 0.3) is 5.19 Å². The molecule has 0 fully saturated rings. The molecule has 0 aliphatic carbocycles. The summed E-state index contributed by atoms with van der Waals surface area (Å²) in [5, 5.41) is 19.2. The molecule has 1 aromatic carbocycles. The van der Waals surface area contributed by atoms with Crippen LogP contribution in [0.2, 0.25) is 5.02 Å². The summed E-state index contributed by atoms with van der Waals surface area (Å²) in [7, 11) is 0. The zero-order valence-electron chi connectivity index (χ0n) is 9.07. The minimum atomic E-state index is -1.11. The Morgan fingerprint density at radius 3 is 2.79 bits per heavy atom. The van der Waals surface area contributed by atoms with Gasteiger partial charge in [0.15, 0.2) is 0 Å². The Balaban J connectivity index is 2.23. The van der Waals surface area contributed by atoms with Gasteiger partial charge in [-0.05, 0) is 29.5 Å². The van der Waals surface area contributed by atoms with Crippen molar-refractivity contribution in [3.8, 4) is 10.9 Å². The minimum absolute atomic E-state index is 0.0162. The number of thiazole rings is 1. The summed E-state index contributed by atoms with van der Waals surface area (Å²) in [5.41, 5.74) is 0.0162. The van der Waals surface area contributed by atoms with Crippen molar-refractivity contribution in [2.45, 2.75) is 0 Å². The van der Waals surface area contributed by atoms with E-state index in [4.69, 9.17) is 21.4 Å². The van der Waals surface area contributed by atoms with Crippen LogP contribution in [0.25, 0.3) is 0 Å². The van der Waals surface area contributed by atoms with Crippen molar-refractivity contribution in [3.63, 3.8) is 0 Å². The van der Waals surface area contributed by atoms with E-state index in [1.807, 2.05) is 0 Å². The van der Waals surface area contributed by atoms with E-state index in [-0.39, 0.29) is 26.5 Å². The van der Waals surface area contributed by atoms with Crippen LogP contribution in [0, 0.1) is 10.1 Å². The predicted octanol–water partition coefficient (Wildman–Crippen LogP) is 3.20. The Labute approximate surface area is 115 Å². The van der Waals surface area contributed by atoms with Crippen molar-refractivity contribution in [2.24, 2.45) is 0 Å². The first kappa shape index (κ1) is 13.2. The third-order valence-corrected chi connectivity index (χ3v) is 3.15. The number of aromatic nitrogens is 1. The molecule has 0 aliphatic heterocycles. The Bertz CT molecular complexity index is 657. The van der Waals surface area contributed by atoms with E-state index in [1.165, 1.54) is 18.2 Å². The molecule has 0 unspecified atom stereocenters. The second kappa shape index (κ2) is 5.21. The van der Waals surface area contributed by atoms with Crippen molar-refractivity contribution in [1.29, 1.82) is 0 Å². The number of carbonyl (C=O) groups is 1. The number of carboxylic acid groups (broad SMARTS) is 1. The number of ether oxygens (including phenoxy) is 1. The molecular weight excluding hydrogens is 296 g/mol. The predicted molar refractivity (Wildman–Crippen MR) is 67.3 cm³/mol. The molecule has 0 amide bonds. The van der Waals surface area contributed by atoms with E-state index in [2.05, 4.69) is 4.98 Å². The van der Waals surface area contributed by atoms with Crippen molar-refractivity contribution < 1.29 is 19.6 Å². The van der Waals surface area contributed by atoms with Crippen molar-refractivity contribution in [1.82, 2.24) is 4.98 Å². The molecule has 0 atom stereocenters. The third kappa shape index (κ3) is 2.98. The van der Waals surface area contributed by atoms with Gasteiger partial charge in [0.05, 0.1) is 15.5 Å². The molecule has 1 heterocycles. The van der Waals surface area contributed by atoms with Crippen LogP contribution >= 0.6 is 22.9 Å². The lowest BCUT2D eigenvalue weighted by molar-refractivity contribution is -0.380. The molecule has 2 aromatic rings. The Kier molecular flexibility index (Phi) is 3.63. The lowest BCUT2D eigenvalue weighted by Gasteiger charge is -2.04. The fourth-order valence-electron chi connectivity index (χ4n) is 1.19. The summed E-state index contributed by atoms with van der Waals surface area (Å²) in [5.74, 6) is -0.936. The van der Waals surface area contributed by atoms with Crippen LogP contribution in [0.3, 0.4) is 0 Å². The normalized spacial score (nSPS) is 10.2. The monoisotopic (exact) mass is 300 g/mol. The summed E-state index contributed by atoms with van der Waals surface area (Å²) in [6, 6.07) is 3.89. The zero-order chi connectivity index (χ0) is 14.0. The number of halogens is 1. The molecule has 0 saturated heterocycles. The lowest BCUT2D eigenvalue weighted by atomic mass is 10.2. The number of aromatic carboxylic acids is 1. The molecule has 0 saturated carbocycles. The molecule has 2 rings (SSSR count). The number of nitro groups is 1. The molecule has 1 aromatic heterocycles. The maximum atomic E-state index is 10.7. The number of benzene rings is 1. The highest BCUT2D eigenvalue weighted by atomic mass is 35.5. The molecule has 9 heteroatoms. The Morgan fingerprint density at radius 2 is 2.26 bits per heavy atom. The highest BCUT2D eigenvalue weighted by Crippen LogP contribution is 2.34. The van der Waals surface area contributed by atoms with Crippen LogP contribution in [0.4, 0.5) is 5.00 Å². The Hall–Kier alpha value is -2.19. The van der Waals surface area contributed by atoms with E-state index in [0.29, 0.717) is 0 Å². The zero-order valence-corrected chi connectivity index (χ0v) is 10.6. The van der Waals surface area contributed by atoms with E-state index in [0.717, 1.165) is 17.5 Å². The van der Waals surface area contributed by atoms with Gasteiger partial charge in [-0.3, -0.25) is 10.1 Å². The summed E-state index contributed by atoms with van der Waals surface area (Å²) in [6.45, 7) is 0. The van der Waals surface area contributed by atoms with E-state index < -0.39 is 10.9 Å². The largest absolute Gasteiger partial charge is 0.478 e. The molecule has 7 nitrogen and oxygen atoms in total. The van der Waals surface area contributed by atoms with Gasteiger partial charge in [-0.2, -0.15) is 0 Å². The Morgan fingerprint density at radius 1 is 1.53 bits per heavy atom. The molecule has 98 valence electrons. The smallest absolute Gasteiger partial charge is 0.347 e. The van der Waals surface area contributed by atoms with Gasteiger partial charge in [0, 0.05) is 0 Å². The molecule has 0 spiro atoms. The van der Waals surface area contributed by atoms with Crippen molar-refractivity contribution in [2.75, 3.05) is 0 Å². The van der Waals surface area contributed by atoms with Crippen molar-refractivity contribution in [3.05, 3.63) is 45.1 Å². The number of rotatable bonds is 4. The van der Waals surface area contributed by atoms with Crippen LogP contribution in [0.15, 0.2) is 24.4 Å². The minimum Gasteiger partial charge on any atom is -0.478 e. The maximum absolute atomic E-state index is 10.7.